The molecule has 1 saturated heterocycles. The lowest BCUT2D eigenvalue weighted by molar-refractivity contribution is -0.115. The highest BCUT2D eigenvalue weighted by molar-refractivity contribution is 8.18. The molecule has 0 spiro atoms. The molecule has 0 unspecified atom stereocenters. The van der Waals surface area contributed by atoms with E-state index in [0.717, 1.165) is 17.3 Å². The van der Waals surface area contributed by atoms with E-state index in [0.29, 0.717) is 28.6 Å². The van der Waals surface area contributed by atoms with Crippen molar-refractivity contribution in [2.75, 3.05) is 7.11 Å². The third-order valence-electron chi connectivity index (χ3n) is 3.38. The van der Waals surface area contributed by atoms with Crippen LogP contribution in [0.25, 0.3) is 6.08 Å². The van der Waals surface area contributed by atoms with Gasteiger partial charge in [0, 0.05) is 5.56 Å². The first kappa shape index (κ1) is 16.1. The summed E-state index contributed by atoms with van der Waals surface area (Å²) in [7, 11) is 1.56. The fourth-order valence-electron chi connectivity index (χ4n) is 2.25. The highest BCUT2D eigenvalue weighted by atomic mass is 32.2. The summed E-state index contributed by atoms with van der Waals surface area (Å²) in [5.74, 6) is 0.695. The molecule has 3 rings (SSSR count). The second-order valence-corrected chi connectivity index (χ2v) is 6.02. The Hall–Kier alpha value is -2.73. The first-order valence-electron chi connectivity index (χ1n) is 7.26. The number of para-hydroxylation sites is 1. The topological polar surface area (TPSA) is 64.6 Å². The summed E-state index contributed by atoms with van der Waals surface area (Å²) in [4.78, 5) is 23.4. The van der Waals surface area contributed by atoms with E-state index in [4.69, 9.17) is 9.47 Å². The van der Waals surface area contributed by atoms with Crippen molar-refractivity contribution in [1.29, 1.82) is 0 Å². The van der Waals surface area contributed by atoms with Gasteiger partial charge in [-0.1, -0.05) is 42.5 Å². The van der Waals surface area contributed by atoms with Gasteiger partial charge in [-0.15, -0.1) is 0 Å². The molecule has 24 heavy (non-hydrogen) atoms. The average Bonchev–Trinajstić information content (AvgIpc) is 2.91. The molecule has 2 aromatic rings. The molecule has 6 heteroatoms. The van der Waals surface area contributed by atoms with Crippen LogP contribution in [0.3, 0.4) is 0 Å². The van der Waals surface area contributed by atoms with Crippen LogP contribution in [0.15, 0.2) is 53.4 Å². The maximum absolute atomic E-state index is 11.7. The van der Waals surface area contributed by atoms with E-state index in [9.17, 15) is 9.59 Å². The fourth-order valence-corrected chi connectivity index (χ4v) is 2.93. The number of hydrogen-bond donors (Lipinski definition) is 1. The molecule has 2 aromatic carbocycles. The maximum Gasteiger partial charge on any atom is 0.290 e. The molecular weight excluding hydrogens is 326 g/mol. The van der Waals surface area contributed by atoms with Gasteiger partial charge in [-0.3, -0.25) is 14.9 Å². The van der Waals surface area contributed by atoms with Gasteiger partial charge in [0.25, 0.3) is 11.1 Å². The summed E-state index contributed by atoms with van der Waals surface area (Å²) in [6.45, 7) is 0.371. The highest BCUT2D eigenvalue weighted by Gasteiger charge is 2.25. The quantitative estimate of drug-likeness (QED) is 0.842. The number of carbonyl (C=O) groups is 2. The van der Waals surface area contributed by atoms with Crippen LogP contribution >= 0.6 is 11.8 Å². The highest BCUT2D eigenvalue weighted by Crippen LogP contribution is 2.35. The van der Waals surface area contributed by atoms with E-state index in [1.165, 1.54) is 0 Å². The summed E-state index contributed by atoms with van der Waals surface area (Å²) < 4.78 is 11.3. The van der Waals surface area contributed by atoms with Crippen molar-refractivity contribution in [2.45, 2.75) is 6.61 Å². The fraction of sp³-hybridized carbons (Fsp3) is 0.111. The summed E-state index contributed by atoms with van der Waals surface area (Å²) >= 11 is 0.870. The monoisotopic (exact) mass is 341 g/mol. The van der Waals surface area contributed by atoms with Gasteiger partial charge in [-0.25, -0.2) is 0 Å². The van der Waals surface area contributed by atoms with E-state index in [2.05, 4.69) is 5.32 Å². The van der Waals surface area contributed by atoms with Crippen molar-refractivity contribution in [3.63, 3.8) is 0 Å². The van der Waals surface area contributed by atoms with Crippen LogP contribution in [0.5, 0.6) is 11.5 Å². The Morgan fingerprint density at radius 2 is 1.88 bits per heavy atom. The lowest BCUT2D eigenvalue weighted by atomic mass is 10.1. The Morgan fingerprint density at radius 3 is 2.54 bits per heavy atom. The molecule has 1 aliphatic rings. The predicted molar refractivity (Wildman–Crippen MR) is 92.9 cm³/mol. The number of hydrogen-bond acceptors (Lipinski definition) is 5. The molecule has 0 saturated carbocycles. The lowest BCUT2D eigenvalue weighted by Crippen LogP contribution is -2.17. The van der Waals surface area contributed by atoms with Crippen LogP contribution in [-0.4, -0.2) is 18.3 Å². The number of benzene rings is 2. The molecule has 1 aliphatic heterocycles. The molecule has 1 N–H and O–H groups in total. The minimum absolute atomic E-state index is 0.331. The smallest absolute Gasteiger partial charge is 0.290 e. The summed E-state index contributed by atoms with van der Waals surface area (Å²) in [6.07, 6.45) is 1.63. The number of thioether (sulfide) groups is 1. The van der Waals surface area contributed by atoms with Crippen molar-refractivity contribution in [2.24, 2.45) is 0 Å². The zero-order chi connectivity index (χ0) is 16.9. The first-order valence-corrected chi connectivity index (χ1v) is 8.07. The third kappa shape index (κ3) is 3.60. The van der Waals surface area contributed by atoms with Gasteiger partial charge in [-0.05, 0) is 29.5 Å². The molecule has 0 radical (unpaired) electrons. The molecule has 5 nitrogen and oxygen atoms in total. The zero-order valence-electron chi connectivity index (χ0n) is 12.9. The number of imide groups is 1. The Labute approximate surface area is 143 Å². The van der Waals surface area contributed by atoms with Crippen LogP contribution < -0.4 is 14.8 Å². The zero-order valence-corrected chi connectivity index (χ0v) is 13.8. The Bertz CT molecular complexity index is 802. The Kier molecular flexibility index (Phi) is 4.86. The van der Waals surface area contributed by atoms with Crippen LogP contribution in [0, 0.1) is 0 Å². The number of carbonyl (C=O) groups excluding carboxylic acids is 2. The van der Waals surface area contributed by atoms with Crippen molar-refractivity contribution < 1.29 is 19.1 Å². The second kappa shape index (κ2) is 7.23. The number of nitrogens with one attached hydrogen (secondary N) is 1. The van der Waals surface area contributed by atoms with Crippen LogP contribution in [0.2, 0.25) is 0 Å². The molecule has 1 fully saturated rings. The predicted octanol–water partition coefficient (Wildman–Crippen LogP) is 3.60. The van der Waals surface area contributed by atoms with Crippen LogP contribution in [0.1, 0.15) is 11.1 Å². The molecule has 1 heterocycles. The van der Waals surface area contributed by atoms with E-state index in [1.807, 2.05) is 36.4 Å². The summed E-state index contributed by atoms with van der Waals surface area (Å²) in [5.41, 5.74) is 1.70. The third-order valence-corrected chi connectivity index (χ3v) is 4.19. The van der Waals surface area contributed by atoms with Crippen molar-refractivity contribution >= 4 is 29.0 Å². The minimum Gasteiger partial charge on any atom is -0.493 e. The molecular formula is C18H15NO4S. The standard InChI is InChI=1S/C18H15NO4S/c1-22-14-9-5-8-13(10-15-17(20)19-18(21)24-15)16(14)23-11-12-6-3-2-4-7-12/h2-10H,11H2,1H3,(H,19,20,21)/b15-10-. The number of ether oxygens (including phenoxy) is 2. The second-order valence-electron chi connectivity index (χ2n) is 5.01. The summed E-state index contributed by atoms with van der Waals surface area (Å²) in [5, 5.41) is 1.86. The van der Waals surface area contributed by atoms with Gasteiger partial charge in [0.05, 0.1) is 12.0 Å². The van der Waals surface area contributed by atoms with Crippen molar-refractivity contribution in [3.05, 3.63) is 64.6 Å². The van der Waals surface area contributed by atoms with Gasteiger partial charge in [0.1, 0.15) is 6.61 Å². The van der Waals surface area contributed by atoms with E-state index in [-0.39, 0.29) is 5.24 Å². The first-order chi connectivity index (χ1) is 11.7. The van der Waals surface area contributed by atoms with E-state index < -0.39 is 5.91 Å². The largest absolute Gasteiger partial charge is 0.493 e. The molecule has 0 aliphatic carbocycles. The van der Waals surface area contributed by atoms with Gasteiger partial charge >= 0.3 is 0 Å². The van der Waals surface area contributed by atoms with E-state index >= 15 is 0 Å². The van der Waals surface area contributed by atoms with Crippen LogP contribution in [-0.2, 0) is 11.4 Å². The molecule has 0 aromatic heterocycles. The lowest BCUT2D eigenvalue weighted by Gasteiger charge is -2.13. The Morgan fingerprint density at radius 1 is 1.08 bits per heavy atom. The Balaban J connectivity index is 1.90. The molecule has 2 amide bonds. The van der Waals surface area contributed by atoms with Gasteiger partial charge in [-0.2, -0.15) is 0 Å². The SMILES string of the molecule is COc1cccc(/C=C2\SC(=O)NC2=O)c1OCc1ccccc1. The molecule has 122 valence electrons. The summed E-state index contributed by atoms with van der Waals surface area (Å²) in [6, 6.07) is 15.2. The number of methoxy groups -OCH3 is 1. The van der Waals surface area contributed by atoms with Gasteiger partial charge in [0.2, 0.25) is 0 Å². The van der Waals surface area contributed by atoms with Gasteiger partial charge in [0.15, 0.2) is 11.5 Å². The normalized spacial score (nSPS) is 15.5. The van der Waals surface area contributed by atoms with Crippen LogP contribution in [0.4, 0.5) is 4.79 Å². The maximum atomic E-state index is 11.7. The van der Waals surface area contributed by atoms with Crippen molar-refractivity contribution in [3.8, 4) is 11.5 Å². The average molecular weight is 341 g/mol. The molecule has 0 atom stereocenters. The molecule has 0 bridgehead atoms. The van der Waals surface area contributed by atoms with Gasteiger partial charge < -0.3 is 9.47 Å². The van der Waals surface area contributed by atoms with Crippen molar-refractivity contribution in [1.82, 2.24) is 5.32 Å². The number of amides is 2. The minimum atomic E-state index is -0.401. The number of rotatable bonds is 5. The van der Waals surface area contributed by atoms with E-state index in [1.54, 1.807) is 25.3 Å².